The summed E-state index contributed by atoms with van der Waals surface area (Å²) in [6, 6.07) is 0.169. The van der Waals surface area contributed by atoms with Gasteiger partial charge in [0.1, 0.15) is 6.23 Å². The van der Waals surface area contributed by atoms with Gasteiger partial charge in [-0.15, -0.1) is 4.86 Å². The summed E-state index contributed by atoms with van der Waals surface area (Å²) in [4.78, 5) is 55.3. The average Bonchev–Trinajstić information content (AvgIpc) is 2.86. The molecule has 1 aromatic heterocycles. The summed E-state index contributed by atoms with van der Waals surface area (Å²) in [6.07, 6.45) is -0.898. The second kappa shape index (κ2) is 7.84. The molecule has 15 nitrogen and oxygen atoms in total. The van der Waals surface area contributed by atoms with Gasteiger partial charge in [-0.2, -0.15) is 0 Å². The Labute approximate surface area is 144 Å². The first kappa shape index (κ1) is 20.5. The highest BCUT2D eigenvalue weighted by molar-refractivity contribution is 7.66. The Morgan fingerprint density at radius 3 is 2.73 bits per heavy atom. The van der Waals surface area contributed by atoms with Crippen LogP contribution in [0.1, 0.15) is 12.6 Å². The van der Waals surface area contributed by atoms with E-state index < -0.39 is 51.7 Å². The number of nitrogens with one attached hydrogen (secondary N) is 2. The number of nitrogens with zero attached hydrogens (tertiary/aromatic N) is 4. The molecule has 0 radical (unpaired) electrons. The highest BCUT2D eigenvalue weighted by Gasteiger charge is 2.39. The van der Waals surface area contributed by atoms with Crippen LogP contribution in [0.3, 0.4) is 0 Å². The van der Waals surface area contributed by atoms with E-state index in [1.807, 2.05) is 4.98 Å². The van der Waals surface area contributed by atoms with E-state index in [0.717, 1.165) is 21.7 Å². The zero-order valence-corrected chi connectivity index (χ0v) is 14.6. The van der Waals surface area contributed by atoms with Crippen molar-refractivity contribution in [2.75, 3.05) is 6.61 Å². The lowest BCUT2D eigenvalue weighted by Gasteiger charge is -2.19. The van der Waals surface area contributed by atoms with Gasteiger partial charge < -0.3 is 19.4 Å². The topological polar surface area (TPSA) is 229 Å². The Kier molecular flexibility index (Phi) is 6.19. The summed E-state index contributed by atoms with van der Waals surface area (Å²) in [5.74, 6) is 0. The maximum atomic E-state index is 11.8. The molecular weight excluding hydrogens is 398 g/mol. The molecule has 1 aromatic rings. The Morgan fingerprint density at radius 1 is 1.46 bits per heavy atom. The van der Waals surface area contributed by atoms with Crippen molar-refractivity contribution in [1.82, 2.24) is 14.4 Å². The van der Waals surface area contributed by atoms with Crippen LogP contribution in [0.5, 0.6) is 0 Å². The van der Waals surface area contributed by atoms with E-state index in [0.29, 0.717) is 0 Å². The SMILES string of the molecule is [N-]=[N+]=N[C@@H]1C[C@H](n2ccc(=O)[nH]c2=O)O[C@@H]1COP(=O)(O)NP(=O)(O)O. The third kappa shape index (κ3) is 5.61. The van der Waals surface area contributed by atoms with Crippen molar-refractivity contribution in [3.05, 3.63) is 43.5 Å². The lowest BCUT2D eigenvalue weighted by atomic mass is 10.1. The molecule has 1 aliphatic rings. The molecule has 2 rings (SSSR count). The van der Waals surface area contributed by atoms with Gasteiger partial charge in [0.2, 0.25) is 0 Å². The van der Waals surface area contributed by atoms with Gasteiger partial charge in [-0.25, -0.2) is 13.9 Å². The lowest BCUT2D eigenvalue weighted by Crippen LogP contribution is -2.31. The monoisotopic (exact) mass is 412 g/mol. The number of rotatable bonds is 7. The highest BCUT2D eigenvalue weighted by Crippen LogP contribution is 2.49. The van der Waals surface area contributed by atoms with Gasteiger partial charge in [-0.3, -0.25) is 18.9 Å². The van der Waals surface area contributed by atoms with Crippen molar-refractivity contribution >= 4 is 15.5 Å². The predicted octanol–water partition coefficient (Wildman–Crippen LogP) is -0.698. The second-order valence-electron chi connectivity index (χ2n) is 5.11. The molecule has 0 aliphatic carbocycles. The number of azide groups is 1. The summed E-state index contributed by atoms with van der Waals surface area (Å²) >= 11 is 0. The third-order valence-electron chi connectivity index (χ3n) is 3.24. The largest absolute Gasteiger partial charge is 0.412 e. The van der Waals surface area contributed by atoms with Crippen LogP contribution >= 0.6 is 15.5 Å². The normalized spacial score (nSPS) is 25.4. The van der Waals surface area contributed by atoms with Crippen LogP contribution in [-0.2, 0) is 18.4 Å². The summed E-state index contributed by atoms with van der Waals surface area (Å²) in [7, 11) is -9.90. The average molecular weight is 412 g/mol. The molecule has 5 N–H and O–H groups in total. The first-order chi connectivity index (χ1) is 12.0. The van der Waals surface area contributed by atoms with E-state index in [4.69, 9.17) is 20.1 Å². The molecule has 4 atom stereocenters. The van der Waals surface area contributed by atoms with Gasteiger partial charge in [-0.05, 0) is 5.53 Å². The van der Waals surface area contributed by atoms with Crippen LogP contribution in [-0.4, -0.2) is 43.0 Å². The first-order valence-corrected chi connectivity index (χ1v) is 10.0. The fourth-order valence-electron chi connectivity index (χ4n) is 2.25. The number of aromatic amines is 1. The Hall–Kier alpha value is -1.79. The number of hydrogen-bond acceptors (Lipinski definition) is 7. The van der Waals surface area contributed by atoms with Crippen molar-refractivity contribution in [2.24, 2.45) is 5.11 Å². The van der Waals surface area contributed by atoms with Gasteiger partial charge in [0.05, 0.1) is 18.8 Å². The summed E-state index contributed by atoms with van der Waals surface area (Å²) in [6.45, 7) is -0.668. The van der Waals surface area contributed by atoms with Crippen LogP contribution in [0, 0.1) is 0 Å². The summed E-state index contributed by atoms with van der Waals surface area (Å²) in [5, 5.41) is 3.45. The molecule has 0 aromatic carbocycles. The zero-order chi connectivity index (χ0) is 19.5. The predicted molar refractivity (Wildman–Crippen MR) is 83.7 cm³/mol. The molecule has 2 heterocycles. The molecule has 1 fully saturated rings. The van der Waals surface area contributed by atoms with E-state index in [9.17, 15) is 23.6 Å². The molecule has 144 valence electrons. The smallest absolute Gasteiger partial charge is 0.352 e. The molecule has 0 saturated carbocycles. The molecule has 1 aliphatic heterocycles. The number of ether oxygens (including phenoxy) is 1. The standard InChI is InChI=1S/C9H14N6O9P2/c10-13-12-5-3-8(15-2-1-7(16)11-9(15)17)24-6(5)4-23-26(21,22)14-25(18,19)20/h1-2,5-6,8H,3-4H2,(H,11,16,17)(H4,14,18,19,20,21,22)/t5-,6-,8-/m1/s1. The minimum absolute atomic E-state index is 0.00825. The molecule has 1 saturated heterocycles. The van der Waals surface area contributed by atoms with Crippen molar-refractivity contribution in [3.63, 3.8) is 0 Å². The fourth-order valence-corrected chi connectivity index (χ4v) is 4.14. The third-order valence-corrected chi connectivity index (χ3v) is 5.79. The van der Waals surface area contributed by atoms with Gasteiger partial charge in [0, 0.05) is 23.6 Å². The number of aromatic nitrogens is 2. The Morgan fingerprint density at radius 2 is 2.15 bits per heavy atom. The second-order valence-corrected chi connectivity index (χ2v) is 8.30. The quantitative estimate of drug-likeness (QED) is 0.164. The molecule has 0 bridgehead atoms. The molecule has 1 unspecified atom stereocenters. The van der Waals surface area contributed by atoms with Crippen LogP contribution in [0.15, 0.2) is 27.0 Å². The summed E-state index contributed by atoms with van der Waals surface area (Å²) < 4.78 is 33.3. The van der Waals surface area contributed by atoms with Crippen LogP contribution in [0.4, 0.5) is 0 Å². The van der Waals surface area contributed by atoms with Gasteiger partial charge in [0.25, 0.3) is 5.56 Å². The first-order valence-electron chi connectivity index (χ1n) is 6.84. The zero-order valence-electron chi connectivity index (χ0n) is 12.8. The maximum Gasteiger partial charge on any atom is 0.412 e. The van der Waals surface area contributed by atoms with Crippen molar-refractivity contribution in [1.29, 1.82) is 0 Å². The van der Waals surface area contributed by atoms with Crippen molar-refractivity contribution in [2.45, 2.75) is 24.8 Å². The van der Waals surface area contributed by atoms with E-state index >= 15 is 0 Å². The van der Waals surface area contributed by atoms with Crippen LogP contribution in [0.2, 0.25) is 0 Å². The Bertz CT molecular complexity index is 917. The fraction of sp³-hybridized carbons (Fsp3) is 0.556. The number of H-pyrrole nitrogens is 1. The summed E-state index contributed by atoms with van der Waals surface area (Å²) in [5.41, 5.74) is 7.20. The molecule has 17 heteroatoms. The van der Waals surface area contributed by atoms with E-state index in [-0.39, 0.29) is 6.42 Å². The minimum atomic E-state index is -5.04. The molecular formula is C9H14N6O9P2. The Balaban J connectivity index is 2.13. The maximum absolute atomic E-state index is 11.8. The van der Waals surface area contributed by atoms with E-state index in [2.05, 4.69) is 14.5 Å². The van der Waals surface area contributed by atoms with Gasteiger partial charge >= 0.3 is 21.2 Å². The number of hydrogen-bond donors (Lipinski definition) is 5. The molecule has 0 amide bonds. The van der Waals surface area contributed by atoms with E-state index in [1.165, 1.54) is 0 Å². The lowest BCUT2D eigenvalue weighted by molar-refractivity contribution is -0.0241. The minimum Gasteiger partial charge on any atom is -0.352 e. The van der Waals surface area contributed by atoms with Crippen molar-refractivity contribution in [3.8, 4) is 0 Å². The molecule has 0 spiro atoms. The van der Waals surface area contributed by atoms with E-state index in [1.54, 1.807) is 0 Å². The highest BCUT2D eigenvalue weighted by atomic mass is 31.3. The van der Waals surface area contributed by atoms with Gasteiger partial charge in [-0.1, -0.05) is 5.11 Å². The van der Waals surface area contributed by atoms with Crippen LogP contribution in [0.25, 0.3) is 10.4 Å². The molecule has 26 heavy (non-hydrogen) atoms. The van der Waals surface area contributed by atoms with Crippen LogP contribution < -0.4 is 16.1 Å². The van der Waals surface area contributed by atoms with Crippen molar-refractivity contribution < 1.29 is 33.1 Å². The van der Waals surface area contributed by atoms with Gasteiger partial charge in [0.15, 0.2) is 0 Å².